The minimum absolute atomic E-state index is 0.554. The Morgan fingerprint density at radius 2 is 1.31 bits per heavy atom. The van der Waals surface area contributed by atoms with Crippen molar-refractivity contribution in [3.63, 3.8) is 0 Å². The van der Waals surface area contributed by atoms with Gasteiger partial charge in [-0.05, 0) is 24.3 Å². The van der Waals surface area contributed by atoms with Gasteiger partial charge in [0.2, 0.25) is 0 Å². The second-order valence-corrected chi connectivity index (χ2v) is 5.36. The van der Waals surface area contributed by atoms with Crippen LogP contribution in [0.1, 0.15) is 0 Å². The summed E-state index contributed by atoms with van der Waals surface area (Å²) in [5, 5.41) is 1.83. The van der Waals surface area contributed by atoms with E-state index in [4.69, 9.17) is 34.8 Å². The van der Waals surface area contributed by atoms with Crippen LogP contribution < -0.4 is 0 Å². The number of halogens is 3. The molecule has 0 amide bonds. The van der Waals surface area contributed by atoms with Gasteiger partial charge in [-0.15, -0.1) is 0 Å². The summed E-state index contributed by atoms with van der Waals surface area (Å²) in [7, 11) is 0. The molecule has 0 aliphatic carbocycles. The fourth-order valence-electron chi connectivity index (χ4n) is 1.21. The Hall–Kier alpha value is -0.340. The highest BCUT2D eigenvalue weighted by Gasteiger charge is 2.07. The van der Waals surface area contributed by atoms with Gasteiger partial charge in [0.15, 0.2) is 0 Å². The molecular weight excluding hydrogens is 283 g/mol. The Morgan fingerprint density at radius 3 is 2.06 bits per heavy atom. The van der Waals surface area contributed by atoms with Crippen molar-refractivity contribution in [1.82, 2.24) is 0 Å². The van der Waals surface area contributed by atoms with Crippen LogP contribution in [0.2, 0.25) is 15.1 Å². The molecule has 82 valence electrons. The highest BCUT2D eigenvalue weighted by Crippen LogP contribution is 2.39. The Bertz CT molecular complexity index is 511. The lowest BCUT2D eigenvalue weighted by atomic mass is 10.4. The van der Waals surface area contributed by atoms with Crippen LogP contribution in [-0.2, 0) is 0 Å². The van der Waals surface area contributed by atoms with E-state index in [-0.39, 0.29) is 0 Å². The van der Waals surface area contributed by atoms with Crippen LogP contribution in [0.15, 0.2) is 52.3 Å². The molecule has 0 heterocycles. The fourth-order valence-corrected chi connectivity index (χ4v) is 2.83. The van der Waals surface area contributed by atoms with Gasteiger partial charge in [-0.25, -0.2) is 0 Å². The molecule has 2 rings (SSSR count). The molecule has 0 saturated heterocycles. The van der Waals surface area contributed by atoms with E-state index in [9.17, 15) is 0 Å². The maximum Gasteiger partial charge on any atom is 0.0731 e. The van der Waals surface area contributed by atoms with E-state index >= 15 is 0 Å². The largest absolute Gasteiger partial charge is 0.0869 e. The lowest BCUT2D eigenvalue weighted by Gasteiger charge is -2.06. The van der Waals surface area contributed by atoms with Crippen LogP contribution >= 0.6 is 46.6 Å². The highest BCUT2D eigenvalue weighted by atomic mass is 35.5. The summed E-state index contributed by atoms with van der Waals surface area (Å²) >= 11 is 19.6. The number of hydrogen-bond donors (Lipinski definition) is 0. The molecule has 0 aliphatic heterocycles. The third-order valence-electron chi connectivity index (χ3n) is 1.97. The van der Waals surface area contributed by atoms with Crippen LogP contribution in [-0.4, -0.2) is 0 Å². The third-order valence-corrected chi connectivity index (χ3v) is 4.48. The van der Waals surface area contributed by atoms with E-state index in [1.165, 1.54) is 11.8 Å². The van der Waals surface area contributed by atoms with Crippen LogP contribution in [0.3, 0.4) is 0 Å². The predicted molar refractivity (Wildman–Crippen MR) is 72.0 cm³/mol. The van der Waals surface area contributed by atoms with Gasteiger partial charge in [-0.1, -0.05) is 64.8 Å². The van der Waals surface area contributed by atoms with Gasteiger partial charge in [0.1, 0.15) is 0 Å². The Kier molecular flexibility index (Phi) is 4.04. The first-order chi connectivity index (χ1) is 7.68. The molecular formula is C12H7Cl3S. The average molecular weight is 290 g/mol. The molecule has 0 aliphatic rings. The Balaban J connectivity index is 2.35. The lowest BCUT2D eigenvalue weighted by Crippen LogP contribution is -1.78. The van der Waals surface area contributed by atoms with E-state index < -0.39 is 0 Å². The molecule has 0 radical (unpaired) electrons. The molecule has 0 spiro atoms. The fraction of sp³-hybridized carbons (Fsp3) is 0. The first-order valence-corrected chi connectivity index (χ1v) is 6.50. The van der Waals surface area contributed by atoms with E-state index in [0.29, 0.717) is 15.1 Å². The zero-order valence-electron chi connectivity index (χ0n) is 8.08. The van der Waals surface area contributed by atoms with Gasteiger partial charge < -0.3 is 0 Å². The number of benzene rings is 2. The maximum absolute atomic E-state index is 6.10. The molecule has 2 aromatic carbocycles. The molecule has 0 aromatic heterocycles. The lowest BCUT2D eigenvalue weighted by molar-refractivity contribution is 1.41. The molecule has 0 nitrogen and oxygen atoms in total. The topological polar surface area (TPSA) is 0 Å². The summed E-state index contributed by atoms with van der Waals surface area (Å²) in [6.45, 7) is 0. The van der Waals surface area contributed by atoms with Crippen molar-refractivity contribution in [2.45, 2.75) is 9.79 Å². The second kappa shape index (κ2) is 5.33. The average Bonchev–Trinajstić information content (AvgIpc) is 2.28. The van der Waals surface area contributed by atoms with Crippen LogP contribution in [0, 0.1) is 0 Å². The maximum atomic E-state index is 6.10. The highest BCUT2D eigenvalue weighted by molar-refractivity contribution is 7.99. The summed E-state index contributed by atoms with van der Waals surface area (Å²) in [6, 6.07) is 13.2. The summed E-state index contributed by atoms with van der Waals surface area (Å²) < 4.78 is 0. The Labute approximate surface area is 114 Å². The molecule has 0 saturated carbocycles. The van der Waals surface area contributed by atoms with Gasteiger partial charge in [0.05, 0.1) is 15.1 Å². The van der Waals surface area contributed by atoms with Crippen molar-refractivity contribution in [2.24, 2.45) is 0 Å². The van der Waals surface area contributed by atoms with Crippen molar-refractivity contribution >= 4 is 46.6 Å². The van der Waals surface area contributed by atoms with Crippen molar-refractivity contribution in [3.8, 4) is 0 Å². The van der Waals surface area contributed by atoms with Crippen molar-refractivity contribution < 1.29 is 0 Å². The van der Waals surface area contributed by atoms with Gasteiger partial charge in [-0.2, -0.15) is 0 Å². The molecule has 16 heavy (non-hydrogen) atoms. The zero-order valence-corrected chi connectivity index (χ0v) is 11.2. The van der Waals surface area contributed by atoms with Gasteiger partial charge >= 0.3 is 0 Å². The number of hydrogen-bond acceptors (Lipinski definition) is 1. The van der Waals surface area contributed by atoms with E-state index in [1.54, 1.807) is 6.07 Å². The normalized spacial score (nSPS) is 10.4. The standard InChI is InChI=1S/C12H7Cl3S/c13-8-4-1-2-6-10(8)16-11-7-3-5-9(14)12(11)15/h1-7H. The minimum Gasteiger partial charge on any atom is -0.0869 e. The summed E-state index contributed by atoms with van der Waals surface area (Å²) in [5.41, 5.74) is 0. The first-order valence-electron chi connectivity index (χ1n) is 4.55. The van der Waals surface area contributed by atoms with Crippen molar-refractivity contribution in [1.29, 1.82) is 0 Å². The zero-order chi connectivity index (χ0) is 11.5. The first kappa shape index (κ1) is 12.1. The van der Waals surface area contributed by atoms with Crippen molar-refractivity contribution in [2.75, 3.05) is 0 Å². The van der Waals surface area contributed by atoms with Gasteiger partial charge in [0, 0.05) is 9.79 Å². The van der Waals surface area contributed by atoms with E-state index in [0.717, 1.165) is 9.79 Å². The number of rotatable bonds is 2. The molecule has 0 fully saturated rings. The molecule has 4 heteroatoms. The summed E-state index contributed by atoms with van der Waals surface area (Å²) in [6.07, 6.45) is 0. The molecule has 0 unspecified atom stereocenters. The molecule has 0 N–H and O–H groups in total. The van der Waals surface area contributed by atoms with Gasteiger partial charge in [0.25, 0.3) is 0 Å². The quantitative estimate of drug-likeness (QED) is 0.673. The molecule has 0 bridgehead atoms. The van der Waals surface area contributed by atoms with E-state index in [2.05, 4.69) is 0 Å². The molecule has 0 atom stereocenters. The van der Waals surface area contributed by atoms with E-state index in [1.807, 2.05) is 36.4 Å². The van der Waals surface area contributed by atoms with Crippen LogP contribution in [0.5, 0.6) is 0 Å². The Morgan fingerprint density at radius 1 is 0.688 bits per heavy atom. The predicted octanol–water partition coefficient (Wildman–Crippen LogP) is 5.80. The second-order valence-electron chi connectivity index (χ2n) is 3.08. The summed E-state index contributed by atoms with van der Waals surface area (Å²) in [4.78, 5) is 1.87. The van der Waals surface area contributed by atoms with Crippen molar-refractivity contribution in [3.05, 3.63) is 57.5 Å². The monoisotopic (exact) mass is 288 g/mol. The smallest absolute Gasteiger partial charge is 0.0731 e. The molecule has 2 aromatic rings. The van der Waals surface area contributed by atoms with Gasteiger partial charge in [-0.3, -0.25) is 0 Å². The summed E-state index contributed by atoms with van der Waals surface area (Å²) in [5.74, 6) is 0. The third kappa shape index (κ3) is 2.67. The van der Waals surface area contributed by atoms with Crippen LogP contribution in [0.25, 0.3) is 0 Å². The SMILES string of the molecule is Clc1ccccc1Sc1cccc(Cl)c1Cl. The van der Waals surface area contributed by atoms with Crippen LogP contribution in [0.4, 0.5) is 0 Å². The minimum atomic E-state index is 0.554.